The van der Waals surface area contributed by atoms with Gasteiger partial charge in [-0.1, -0.05) is 12.1 Å². The summed E-state index contributed by atoms with van der Waals surface area (Å²) in [6, 6.07) is 11.3. The molecular formula is C14H10N2O2S. The maximum absolute atomic E-state index is 11.5. The van der Waals surface area contributed by atoms with Crippen LogP contribution in [0.4, 0.5) is 0 Å². The second kappa shape index (κ2) is 4.78. The minimum Gasteiger partial charge on any atom is -0.464 e. The number of esters is 1. The quantitative estimate of drug-likeness (QED) is 0.671. The number of rotatable bonds is 2. The van der Waals surface area contributed by atoms with Crippen molar-refractivity contribution in [1.82, 2.24) is 9.36 Å². The number of methoxy groups -OCH3 is 1. The summed E-state index contributed by atoms with van der Waals surface area (Å²) < 4.78 is 9.01. The Morgan fingerprint density at radius 2 is 2.11 bits per heavy atom. The highest BCUT2D eigenvalue weighted by Crippen LogP contribution is 2.27. The van der Waals surface area contributed by atoms with E-state index in [9.17, 15) is 4.79 Å². The molecule has 1 aromatic carbocycles. The van der Waals surface area contributed by atoms with Crippen LogP contribution in [0.1, 0.15) is 10.5 Å². The van der Waals surface area contributed by atoms with E-state index < -0.39 is 5.97 Å². The van der Waals surface area contributed by atoms with E-state index in [4.69, 9.17) is 0 Å². The Hall–Kier alpha value is -2.27. The molecule has 0 aliphatic rings. The van der Waals surface area contributed by atoms with Gasteiger partial charge in [-0.3, -0.25) is 0 Å². The van der Waals surface area contributed by atoms with Crippen molar-refractivity contribution >= 4 is 28.4 Å². The van der Waals surface area contributed by atoms with Crippen molar-refractivity contribution in [1.29, 1.82) is 0 Å². The summed E-state index contributed by atoms with van der Waals surface area (Å²) in [6.07, 6.45) is 0. The van der Waals surface area contributed by atoms with Gasteiger partial charge in [-0.2, -0.15) is 4.37 Å². The first-order valence-electron chi connectivity index (χ1n) is 5.68. The molecule has 0 saturated carbocycles. The Balaban J connectivity index is 2.20. The second-order valence-electron chi connectivity index (χ2n) is 3.95. The van der Waals surface area contributed by atoms with Gasteiger partial charge in [-0.25, -0.2) is 9.78 Å². The number of carbonyl (C=O) groups is 1. The lowest BCUT2D eigenvalue weighted by Crippen LogP contribution is -2.03. The van der Waals surface area contributed by atoms with Crippen molar-refractivity contribution in [3.63, 3.8) is 0 Å². The zero-order chi connectivity index (χ0) is 13.2. The maximum Gasteiger partial charge on any atom is 0.356 e. The Labute approximate surface area is 113 Å². The van der Waals surface area contributed by atoms with Gasteiger partial charge in [0.1, 0.15) is 5.69 Å². The van der Waals surface area contributed by atoms with Gasteiger partial charge in [0.05, 0.1) is 18.3 Å². The summed E-state index contributed by atoms with van der Waals surface area (Å²) in [6.45, 7) is 0. The van der Waals surface area contributed by atoms with E-state index >= 15 is 0 Å². The van der Waals surface area contributed by atoms with Crippen LogP contribution in [0, 0.1) is 0 Å². The maximum atomic E-state index is 11.5. The van der Waals surface area contributed by atoms with Crippen molar-refractivity contribution in [3.8, 4) is 11.3 Å². The summed E-state index contributed by atoms with van der Waals surface area (Å²) in [7, 11) is 1.35. The molecule has 0 N–H and O–H groups in total. The molecule has 94 valence electrons. The van der Waals surface area contributed by atoms with Crippen molar-refractivity contribution in [3.05, 3.63) is 47.5 Å². The third-order valence-electron chi connectivity index (χ3n) is 2.84. The molecule has 0 bridgehead atoms. The zero-order valence-corrected chi connectivity index (χ0v) is 11.0. The van der Waals surface area contributed by atoms with Crippen LogP contribution in [0.5, 0.6) is 0 Å². The van der Waals surface area contributed by atoms with E-state index in [1.54, 1.807) is 6.07 Å². The molecule has 2 aromatic heterocycles. The van der Waals surface area contributed by atoms with Gasteiger partial charge in [0.2, 0.25) is 0 Å². The number of pyridine rings is 1. The molecule has 0 atom stereocenters. The molecule has 3 aromatic rings. The average Bonchev–Trinajstić information content (AvgIpc) is 2.99. The van der Waals surface area contributed by atoms with Crippen LogP contribution < -0.4 is 0 Å². The van der Waals surface area contributed by atoms with Crippen LogP contribution in [0.25, 0.3) is 22.2 Å². The standard InChI is InChI=1S/C14H10N2O2S/c1-18-14(17)13-6-5-10-9(12-7-8-19-16-12)3-2-4-11(10)15-13/h2-8H,1H3. The molecule has 19 heavy (non-hydrogen) atoms. The van der Waals surface area contributed by atoms with Crippen molar-refractivity contribution < 1.29 is 9.53 Å². The zero-order valence-electron chi connectivity index (χ0n) is 10.2. The monoisotopic (exact) mass is 270 g/mol. The average molecular weight is 270 g/mol. The molecule has 0 amide bonds. The van der Waals surface area contributed by atoms with Crippen molar-refractivity contribution in [2.45, 2.75) is 0 Å². The fourth-order valence-electron chi connectivity index (χ4n) is 1.95. The smallest absolute Gasteiger partial charge is 0.356 e. The molecule has 0 spiro atoms. The normalized spacial score (nSPS) is 10.6. The number of ether oxygens (including phenoxy) is 1. The Morgan fingerprint density at radius 1 is 1.21 bits per heavy atom. The highest BCUT2D eigenvalue weighted by atomic mass is 32.1. The lowest BCUT2D eigenvalue weighted by atomic mass is 10.1. The van der Waals surface area contributed by atoms with Crippen LogP contribution in [-0.2, 0) is 4.74 Å². The third-order valence-corrected chi connectivity index (χ3v) is 3.40. The van der Waals surface area contributed by atoms with Crippen molar-refractivity contribution in [2.24, 2.45) is 0 Å². The van der Waals surface area contributed by atoms with Gasteiger partial charge in [-0.15, -0.1) is 0 Å². The van der Waals surface area contributed by atoms with Crippen LogP contribution in [0.3, 0.4) is 0 Å². The van der Waals surface area contributed by atoms with Crippen LogP contribution in [0.2, 0.25) is 0 Å². The third kappa shape index (κ3) is 2.08. The summed E-state index contributed by atoms with van der Waals surface area (Å²) >= 11 is 1.41. The van der Waals surface area contributed by atoms with Gasteiger partial charge < -0.3 is 4.74 Å². The minimum absolute atomic E-state index is 0.311. The lowest BCUT2D eigenvalue weighted by molar-refractivity contribution is 0.0594. The summed E-state index contributed by atoms with van der Waals surface area (Å²) in [4.78, 5) is 15.8. The first-order valence-corrected chi connectivity index (χ1v) is 6.52. The molecule has 0 saturated heterocycles. The van der Waals surface area contributed by atoms with Gasteiger partial charge in [-0.05, 0) is 35.8 Å². The molecule has 2 heterocycles. The number of carbonyl (C=O) groups excluding carboxylic acids is 1. The van der Waals surface area contributed by atoms with Crippen LogP contribution in [-0.4, -0.2) is 22.4 Å². The number of aromatic nitrogens is 2. The Kier molecular flexibility index (Phi) is 2.97. The largest absolute Gasteiger partial charge is 0.464 e. The Morgan fingerprint density at radius 3 is 2.84 bits per heavy atom. The fraction of sp³-hybridized carbons (Fsp3) is 0.0714. The fourth-order valence-corrected chi connectivity index (χ4v) is 2.47. The number of hydrogen-bond acceptors (Lipinski definition) is 5. The predicted molar refractivity (Wildman–Crippen MR) is 74.2 cm³/mol. The van der Waals surface area contributed by atoms with E-state index in [2.05, 4.69) is 14.1 Å². The SMILES string of the molecule is COC(=O)c1ccc2c(-c3ccsn3)cccc2n1. The van der Waals surface area contributed by atoms with Crippen molar-refractivity contribution in [2.75, 3.05) is 7.11 Å². The molecule has 0 radical (unpaired) electrons. The second-order valence-corrected chi connectivity index (χ2v) is 4.61. The van der Waals surface area contributed by atoms with E-state index in [0.717, 1.165) is 22.2 Å². The topological polar surface area (TPSA) is 52.1 Å². The highest BCUT2D eigenvalue weighted by molar-refractivity contribution is 7.03. The van der Waals surface area contributed by atoms with Crippen LogP contribution in [0.15, 0.2) is 41.8 Å². The summed E-state index contributed by atoms with van der Waals surface area (Å²) in [5.41, 5.74) is 3.00. The molecule has 0 fully saturated rings. The number of benzene rings is 1. The molecule has 0 unspecified atom stereocenters. The molecule has 5 heteroatoms. The molecular weight excluding hydrogens is 260 g/mol. The minimum atomic E-state index is -0.430. The molecule has 0 aliphatic carbocycles. The Bertz CT molecular complexity index is 738. The number of hydrogen-bond donors (Lipinski definition) is 0. The number of fused-ring (bicyclic) bond motifs is 1. The first kappa shape index (κ1) is 11.8. The van der Waals surface area contributed by atoms with Gasteiger partial charge in [0, 0.05) is 16.3 Å². The van der Waals surface area contributed by atoms with Gasteiger partial charge in [0.15, 0.2) is 0 Å². The summed E-state index contributed by atoms with van der Waals surface area (Å²) in [5, 5.41) is 2.91. The van der Waals surface area contributed by atoms with E-state index in [1.807, 2.05) is 35.7 Å². The molecule has 3 rings (SSSR count). The van der Waals surface area contributed by atoms with E-state index in [-0.39, 0.29) is 0 Å². The highest BCUT2D eigenvalue weighted by Gasteiger charge is 2.10. The van der Waals surface area contributed by atoms with E-state index in [1.165, 1.54) is 18.6 Å². The first-order chi connectivity index (χ1) is 9.29. The molecule has 0 aliphatic heterocycles. The van der Waals surface area contributed by atoms with Gasteiger partial charge >= 0.3 is 5.97 Å². The van der Waals surface area contributed by atoms with E-state index in [0.29, 0.717) is 5.69 Å². The predicted octanol–water partition coefficient (Wildman–Crippen LogP) is 3.14. The van der Waals surface area contributed by atoms with Gasteiger partial charge in [0.25, 0.3) is 0 Å². The summed E-state index contributed by atoms with van der Waals surface area (Å²) in [5.74, 6) is -0.430. The lowest BCUT2D eigenvalue weighted by Gasteiger charge is -2.05. The number of nitrogens with zero attached hydrogens (tertiary/aromatic N) is 2. The van der Waals surface area contributed by atoms with Crippen LogP contribution >= 0.6 is 11.5 Å². The molecule has 4 nitrogen and oxygen atoms in total.